The molecule has 2 nitrogen and oxygen atoms in total. The van der Waals surface area contributed by atoms with E-state index in [1.807, 2.05) is 6.07 Å². The monoisotopic (exact) mass is 246 g/mol. The molecule has 1 aromatic rings. The van der Waals surface area contributed by atoms with Gasteiger partial charge in [0.05, 0.1) is 18.4 Å². The molecule has 3 atom stereocenters. The molecule has 1 heterocycles. The minimum Gasteiger partial charge on any atom is -0.472 e. The van der Waals surface area contributed by atoms with Gasteiger partial charge in [0, 0.05) is 12.0 Å². The van der Waals surface area contributed by atoms with Gasteiger partial charge in [0.25, 0.3) is 0 Å². The van der Waals surface area contributed by atoms with Crippen LogP contribution in [0.5, 0.6) is 0 Å². The van der Waals surface area contributed by atoms with E-state index in [2.05, 4.69) is 20.8 Å². The summed E-state index contributed by atoms with van der Waals surface area (Å²) in [5.74, 6) is 0.992. The van der Waals surface area contributed by atoms with Gasteiger partial charge < -0.3 is 4.42 Å². The molecule has 2 heteroatoms. The molecule has 0 bridgehead atoms. The van der Waals surface area contributed by atoms with Crippen molar-refractivity contribution in [3.63, 3.8) is 0 Å². The molecule has 18 heavy (non-hydrogen) atoms. The second-order valence-electron chi connectivity index (χ2n) is 7.06. The van der Waals surface area contributed by atoms with Crippen LogP contribution in [0.15, 0.2) is 23.0 Å². The quantitative estimate of drug-likeness (QED) is 0.744. The van der Waals surface area contributed by atoms with E-state index in [1.165, 1.54) is 19.3 Å². The minimum atomic E-state index is 0.0563. The highest BCUT2D eigenvalue weighted by molar-refractivity contribution is 5.89. The van der Waals surface area contributed by atoms with Crippen molar-refractivity contribution in [1.82, 2.24) is 0 Å². The minimum absolute atomic E-state index is 0.0563. The van der Waals surface area contributed by atoms with E-state index < -0.39 is 0 Å². The van der Waals surface area contributed by atoms with Crippen molar-refractivity contribution in [3.05, 3.63) is 24.2 Å². The Balaban J connectivity index is 2.04. The molecule has 2 aliphatic rings. The van der Waals surface area contributed by atoms with Gasteiger partial charge >= 0.3 is 0 Å². The van der Waals surface area contributed by atoms with Crippen LogP contribution in [0.2, 0.25) is 0 Å². The number of hydrogen-bond acceptors (Lipinski definition) is 2. The molecule has 0 N–H and O–H groups in total. The van der Waals surface area contributed by atoms with Crippen LogP contribution in [0.3, 0.4) is 0 Å². The molecule has 0 amide bonds. The summed E-state index contributed by atoms with van der Waals surface area (Å²) in [6.45, 7) is 6.99. The first-order chi connectivity index (χ1) is 8.45. The first kappa shape index (κ1) is 12.0. The molecule has 98 valence electrons. The van der Waals surface area contributed by atoms with Gasteiger partial charge in [-0.25, -0.2) is 0 Å². The van der Waals surface area contributed by atoms with Gasteiger partial charge in [-0.3, -0.25) is 4.79 Å². The molecule has 1 aromatic heterocycles. The fourth-order valence-electron chi connectivity index (χ4n) is 4.71. The van der Waals surface area contributed by atoms with Crippen molar-refractivity contribution in [2.75, 3.05) is 0 Å². The van der Waals surface area contributed by atoms with E-state index in [0.29, 0.717) is 17.1 Å². The van der Waals surface area contributed by atoms with Gasteiger partial charge in [0.15, 0.2) is 0 Å². The largest absolute Gasteiger partial charge is 0.472 e. The van der Waals surface area contributed by atoms with Crippen molar-refractivity contribution in [2.45, 2.75) is 52.4 Å². The molecule has 0 spiro atoms. The summed E-state index contributed by atoms with van der Waals surface area (Å²) in [4.78, 5) is 12.5. The summed E-state index contributed by atoms with van der Waals surface area (Å²) in [5.41, 5.74) is 1.51. The first-order valence-corrected chi connectivity index (χ1v) is 7.00. The normalized spacial score (nSPS) is 38.7. The second kappa shape index (κ2) is 3.72. The highest BCUT2D eigenvalue weighted by Crippen LogP contribution is 2.63. The van der Waals surface area contributed by atoms with Gasteiger partial charge in [-0.05, 0) is 35.7 Å². The summed E-state index contributed by atoms with van der Waals surface area (Å²) < 4.78 is 5.20. The van der Waals surface area contributed by atoms with Crippen molar-refractivity contribution in [1.29, 1.82) is 0 Å². The molecule has 0 unspecified atom stereocenters. The van der Waals surface area contributed by atoms with Crippen LogP contribution in [-0.4, -0.2) is 5.78 Å². The third-order valence-electron chi connectivity index (χ3n) is 5.54. The Bertz CT molecular complexity index is 457. The number of Topliss-reactive ketones (excluding diaryl/α,β-unsaturated/α-hetero) is 1. The smallest absolute Gasteiger partial charge is 0.141 e. The van der Waals surface area contributed by atoms with Crippen molar-refractivity contribution >= 4 is 5.78 Å². The Kier molecular flexibility index (Phi) is 2.48. The van der Waals surface area contributed by atoms with Crippen LogP contribution >= 0.6 is 0 Å². The van der Waals surface area contributed by atoms with Crippen LogP contribution < -0.4 is 0 Å². The number of ketones is 1. The lowest BCUT2D eigenvalue weighted by Gasteiger charge is -2.48. The maximum Gasteiger partial charge on any atom is 0.141 e. The van der Waals surface area contributed by atoms with Gasteiger partial charge in [-0.15, -0.1) is 0 Å². The molecule has 2 aliphatic carbocycles. The summed E-state index contributed by atoms with van der Waals surface area (Å²) >= 11 is 0. The summed E-state index contributed by atoms with van der Waals surface area (Å²) in [7, 11) is 0. The third kappa shape index (κ3) is 1.51. The third-order valence-corrected chi connectivity index (χ3v) is 5.54. The molecule has 0 radical (unpaired) electrons. The van der Waals surface area contributed by atoms with Crippen molar-refractivity contribution < 1.29 is 9.21 Å². The van der Waals surface area contributed by atoms with Crippen LogP contribution in [0.1, 0.15) is 57.9 Å². The fraction of sp³-hybridized carbons (Fsp3) is 0.688. The number of hydrogen-bond donors (Lipinski definition) is 0. The predicted molar refractivity (Wildman–Crippen MR) is 70.3 cm³/mol. The lowest BCUT2D eigenvalue weighted by molar-refractivity contribution is -0.119. The molecule has 0 aromatic carbocycles. The summed E-state index contributed by atoms with van der Waals surface area (Å²) in [6.07, 6.45) is 7.85. The van der Waals surface area contributed by atoms with E-state index >= 15 is 0 Å². The van der Waals surface area contributed by atoms with Crippen LogP contribution in [0.4, 0.5) is 0 Å². The number of furan rings is 1. The van der Waals surface area contributed by atoms with Gasteiger partial charge in [-0.2, -0.15) is 0 Å². The summed E-state index contributed by atoms with van der Waals surface area (Å²) in [6, 6.07) is 1.97. The highest BCUT2D eigenvalue weighted by Gasteiger charge is 2.58. The van der Waals surface area contributed by atoms with Crippen molar-refractivity contribution in [2.24, 2.45) is 16.7 Å². The van der Waals surface area contributed by atoms with E-state index in [-0.39, 0.29) is 11.3 Å². The van der Waals surface area contributed by atoms with Crippen LogP contribution in [-0.2, 0) is 4.79 Å². The van der Waals surface area contributed by atoms with Crippen LogP contribution in [0, 0.1) is 16.7 Å². The van der Waals surface area contributed by atoms with Crippen LogP contribution in [0.25, 0.3) is 0 Å². The SMILES string of the molecule is CC1(C)CCC[C@@]2(C)[C@H](c3ccoc3)C(=O)C[C@@H]12. The zero-order chi connectivity index (χ0) is 13.0. The Hall–Kier alpha value is -1.05. The molecular formula is C16H22O2. The molecule has 3 rings (SSSR count). The Labute approximate surface area is 109 Å². The fourth-order valence-corrected chi connectivity index (χ4v) is 4.71. The van der Waals surface area contributed by atoms with Crippen molar-refractivity contribution in [3.8, 4) is 0 Å². The molecule has 2 saturated carbocycles. The van der Waals surface area contributed by atoms with E-state index in [9.17, 15) is 4.79 Å². The number of fused-ring (bicyclic) bond motifs is 1. The van der Waals surface area contributed by atoms with E-state index in [4.69, 9.17) is 4.42 Å². The number of carbonyl (C=O) groups excluding carboxylic acids is 1. The second-order valence-corrected chi connectivity index (χ2v) is 7.06. The Morgan fingerprint density at radius 2 is 2.06 bits per heavy atom. The maximum absolute atomic E-state index is 12.5. The predicted octanol–water partition coefficient (Wildman–Crippen LogP) is 4.17. The average Bonchev–Trinajstić information content (AvgIpc) is 2.84. The van der Waals surface area contributed by atoms with E-state index in [1.54, 1.807) is 12.5 Å². The van der Waals surface area contributed by atoms with Gasteiger partial charge in [0.1, 0.15) is 5.78 Å². The van der Waals surface area contributed by atoms with Gasteiger partial charge in [-0.1, -0.05) is 27.2 Å². The Morgan fingerprint density at radius 1 is 1.28 bits per heavy atom. The zero-order valence-electron chi connectivity index (χ0n) is 11.5. The Morgan fingerprint density at radius 3 is 2.72 bits per heavy atom. The molecule has 2 fully saturated rings. The zero-order valence-corrected chi connectivity index (χ0v) is 11.5. The van der Waals surface area contributed by atoms with E-state index in [0.717, 1.165) is 12.0 Å². The van der Waals surface area contributed by atoms with Gasteiger partial charge in [0.2, 0.25) is 0 Å². The topological polar surface area (TPSA) is 30.2 Å². The number of rotatable bonds is 1. The molecule has 0 aliphatic heterocycles. The number of carbonyl (C=O) groups is 1. The maximum atomic E-state index is 12.5. The first-order valence-electron chi connectivity index (χ1n) is 7.00. The summed E-state index contributed by atoms with van der Waals surface area (Å²) in [5, 5.41) is 0. The lowest BCUT2D eigenvalue weighted by atomic mass is 9.55. The molecular weight excluding hydrogens is 224 g/mol. The highest BCUT2D eigenvalue weighted by atomic mass is 16.3. The lowest BCUT2D eigenvalue weighted by Crippen LogP contribution is -2.40. The standard InChI is InChI=1S/C16H22O2/c1-15(2)6-4-7-16(3)13(15)9-12(17)14(16)11-5-8-18-10-11/h5,8,10,13-14H,4,6-7,9H2,1-3H3/t13-,14+,16+/m0/s1. The molecule has 0 saturated heterocycles. The average molecular weight is 246 g/mol.